The van der Waals surface area contributed by atoms with Crippen molar-refractivity contribution in [2.75, 3.05) is 6.54 Å². The summed E-state index contributed by atoms with van der Waals surface area (Å²) in [5, 5.41) is 2.83. The van der Waals surface area contributed by atoms with Crippen LogP contribution in [0.1, 0.15) is 5.76 Å². The maximum Gasteiger partial charge on any atom is 0.231 e. The molecule has 4 nitrogen and oxygen atoms in total. The summed E-state index contributed by atoms with van der Waals surface area (Å²) in [5.74, 6) is 0.383. The third-order valence-electron chi connectivity index (χ3n) is 1.28. The fourth-order valence-corrected chi connectivity index (χ4v) is 1.09. The predicted molar refractivity (Wildman–Crippen MR) is 47.3 cm³/mol. The van der Waals surface area contributed by atoms with Crippen LogP contribution in [-0.2, 0) is 11.3 Å². The summed E-state index contributed by atoms with van der Waals surface area (Å²) >= 11 is 3.28. The van der Waals surface area contributed by atoms with E-state index in [2.05, 4.69) is 21.2 Å². The molecule has 0 aliphatic heterocycles. The van der Waals surface area contributed by atoms with Gasteiger partial charge in [-0.15, -0.1) is 0 Å². The lowest BCUT2D eigenvalue weighted by molar-refractivity contribution is -0.117. The summed E-state index contributed by atoms with van der Waals surface area (Å²) in [6.45, 7) is 0.656. The standard InChI is InChI=1S/C7H9BrN2O2/c8-5-1-2-12-6(5)3-10-4-7(9)11/h1-2,10H,3-4H2,(H2,9,11). The largest absolute Gasteiger partial charge is 0.467 e. The van der Waals surface area contributed by atoms with E-state index in [0.717, 1.165) is 10.2 Å². The van der Waals surface area contributed by atoms with Gasteiger partial charge in [0, 0.05) is 0 Å². The number of rotatable bonds is 4. The van der Waals surface area contributed by atoms with Crippen molar-refractivity contribution in [3.63, 3.8) is 0 Å². The van der Waals surface area contributed by atoms with E-state index < -0.39 is 0 Å². The molecule has 5 heteroatoms. The second-order valence-corrected chi connectivity index (χ2v) is 3.12. The average molecular weight is 233 g/mol. The van der Waals surface area contributed by atoms with Crippen LogP contribution in [0.5, 0.6) is 0 Å². The maximum absolute atomic E-state index is 10.3. The van der Waals surface area contributed by atoms with Crippen molar-refractivity contribution in [3.05, 3.63) is 22.6 Å². The first-order valence-electron chi connectivity index (χ1n) is 3.41. The Morgan fingerprint density at radius 1 is 1.75 bits per heavy atom. The van der Waals surface area contributed by atoms with Crippen molar-refractivity contribution in [3.8, 4) is 0 Å². The van der Waals surface area contributed by atoms with E-state index in [1.807, 2.05) is 0 Å². The van der Waals surface area contributed by atoms with Crippen LogP contribution in [0.2, 0.25) is 0 Å². The third-order valence-corrected chi connectivity index (χ3v) is 1.98. The van der Waals surface area contributed by atoms with Gasteiger partial charge in [-0.3, -0.25) is 4.79 Å². The number of carbonyl (C=O) groups excluding carboxylic acids is 1. The van der Waals surface area contributed by atoms with E-state index in [1.165, 1.54) is 0 Å². The third kappa shape index (κ3) is 2.67. The van der Waals surface area contributed by atoms with Gasteiger partial charge in [0.1, 0.15) is 5.76 Å². The Kier molecular flexibility index (Phi) is 3.31. The number of primary amides is 1. The molecule has 0 atom stereocenters. The summed E-state index contributed by atoms with van der Waals surface area (Å²) in [7, 11) is 0. The molecular weight excluding hydrogens is 224 g/mol. The topological polar surface area (TPSA) is 68.3 Å². The summed E-state index contributed by atoms with van der Waals surface area (Å²) in [5.41, 5.74) is 4.93. The zero-order chi connectivity index (χ0) is 8.97. The molecule has 0 radical (unpaired) electrons. The first-order chi connectivity index (χ1) is 5.70. The Hall–Kier alpha value is -0.810. The fourth-order valence-electron chi connectivity index (χ4n) is 0.750. The number of hydrogen-bond acceptors (Lipinski definition) is 3. The van der Waals surface area contributed by atoms with Gasteiger partial charge in [-0.05, 0) is 22.0 Å². The molecule has 1 aromatic heterocycles. The molecule has 0 fully saturated rings. The second-order valence-electron chi connectivity index (χ2n) is 2.26. The minimum atomic E-state index is -0.377. The van der Waals surface area contributed by atoms with Gasteiger partial charge < -0.3 is 15.5 Å². The maximum atomic E-state index is 10.3. The van der Waals surface area contributed by atoms with Crippen LogP contribution in [0.3, 0.4) is 0 Å². The summed E-state index contributed by atoms with van der Waals surface area (Å²) in [6.07, 6.45) is 1.57. The quantitative estimate of drug-likeness (QED) is 0.800. The predicted octanol–water partition coefficient (Wildman–Crippen LogP) is 0.617. The van der Waals surface area contributed by atoms with Gasteiger partial charge in [0.15, 0.2) is 0 Å². The van der Waals surface area contributed by atoms with Crippen molar-refractivity contribution in [2.24, 2.45) is 5.73 Å². The highest BCUT2D eigenvalue weighted by molar-refractivity contribution is 9.10. The van der Waals surface area contributed by atoms with Gasteiger partial charge in [0.2, 0.25) is 5.91 Å². The number of carbonyl (C=O) groups is 1. The lowest BCUT2D eigenvalue weighted by Gasteiger charge is -1.98. The highest BCUT2D eigenvalue weighted by atomic mass is 79.9. The van der Waals surface area contributed by atoms with Crippen molar-refractivity contribution in [2.45, 2.75) is 6.54 Å². The molecule has 1 amide bonds. The van der Waals surface area contributed by atoms with Crippen molar-refractivity contribution in [1.29, 1.82) is 0 Å². The van der Waals surface area contributed by atoms with E-state index in [4.69, 9.17) is 10.2 Å². The minimum absolute atomic E-state index is 0.160. The molecule has 1 rings (SSSR count). The molecule has 1 heterocycles. The summed E-state index contributed by atoms with van der Waals surface area (Å²) < 4.78 is 5.97. The first-order valence-corrected chi connectivity index (χ1v) is 4.20. The average Bonchev–Trinajstić information content (AvgIpc) is 2.36. The molecule has 0 aliphatic carbocycles. The van der Waals surface area contributed by atoms with Gasteiger partial charge in [-0.2, -0.15) is 0 Å². The molecule has 3 N–H and O–H groups in total. The zero-order valence-corrected chi connectivity index (χ0v) is 7.93. The highest BCUT2D eigenvalue weighted by Gasteiger charge is 2.02. The molecule has 0 unspecified atom stereocenters. The van der Waals surface area contributed by atoms with Crippen LogP contribution in [0.4, 0.5) is 0 Å². The smallest absolute Gasteiger partial charge is 0.231 e. The minimum Gasteiger partial charge on any atom is -0.467 e. The highest BCUT2D eigenvalue weighted by Crippen LogP contribution is 2.16. The number of furan rings is 1. The summed E-state index contributed by atoms with van der Waals surface area (Å²) in [4.78, 5) is 10.3. The van der Waals surface area contributed by atoms with Crippen LogP contribution in [0, 0.1) is 0 Å². The van der Waals surface area contributed by atoms with E-state index >= 15 is 0 Å². The van der Waals surface area contributed by atoms with Crippen LogP contribution in [0.15, 0.2) is 21.2 Å². The lowest BCUT2D eigenvalue weighted by Crippen LogP contribution is -2.27. The fraction of sp³-hybridized carbons (Fsp3) is 0.286. The number of halogens is 1. The monoisotopic (exact) mass is 232 g/mol. The van der Waals surface area contributed by atoms with Crippen molar-refractivity contribution >= 4 is 21.8 Å². The number of nitrogens with two attached hydrogens (primary N) is 1. The van der Waals surface area contributed by atoms with Crippen LogP contribution >= 0.6 is 15.9 Å². The van der Waals surface area contributed by atoms with Crippen LogP contribution < -0.4 is 11.1 Å². The van der Waals surface area contributed by atoms with E-state index in [1.54, 1.807) is 12.3 Å². The van der Waals surface area contributed by atoms with Crippen molar-refractivity contribution < 1.29 is 9.21 Å². The number of hydrogen-bond donors (Lipinski definition) is 2. The van der Waals surface area contributed by atoms with Gasteiger partial charge >= 0.3 is 0 Å². The molecule has 0 aromatic carbocycles. The molecule has 0 spiro atoms. The Morgan fingerprint density at radius 3 is 3.00 bits per heavy atom. The zero-order valence-electron chi connectivity index (χ0n) is 6.34. The molecule has 12 heavy (non-hydrogen) atoms. The lowest BCUT2D eigenvalue weighted by atomic mass is 10.4. The number of amides is 1. The number of nitrogens with one attached hydrogen (secondary N) is 1. The normalized spacial score (nSPS) is 10.1. The van der Waals surface area contributed by atoms with Gasteiger partial charge in [0.25, 0.3) is 0 Å². The molecule has 0 bridgehead atoms. The first kappa shape index (κ1) is 9.28. The Balaban J connectivity index is 2.33. The van der Waals surface area contributed by atoms with E-state index in [9.17, 15) is 4.79 Å². The van der Waals surface area contributed by atoms with Crippen LogP contribution in [0.25, 0.3) is 0 Å². The molecular formula is C7H9BrN2O2. The molecule has 0 saturated heterocycles. The Bertz CT molecular complexity index is 272. The molecule has 0 aliphatic rings. The molecule has 1 aromatic rings. The van der Waals surface area contributed by atoms with Gasteiger partial charge in [-0.1, -0.05) is 0 Å². The van der Waals surface area contributed by atoms with Crippen molar-refractivity contribution in [1.82, 2.24) is 5.32 Å². The molecule has 0 saturated carbocycles. The second kappa shape index (κ2) is 4.27. The molecule has 66 valence electrons. The SMILES string of the molecule is NC(=O)CNCc1occc1Br. The Morgan fingerprint density at radius 2 is 2.50 bits per heavy atom. The van der Waals surface area contributed by atoms with Gasteiger partial charge in [0.05, 0.1) is 23.8 Å². The van der Waals surface area contributed by atoms with E-state index in [0.29, 0.717) is 6.54 Å². The Labute approximate surface area is 78.2 Å². The van der Waals surface area contributed by atoms with Gasteiger partial charge in [-0.25, -0.2) is 0 Å². The van der Waals surface area contributed by atoms with Crippen LogP contribution in [-0.4, -0.2) is 12.5 Å². The summed E-state index contributed by atoms with van der Waals surface area (Å²) in [6, 6.07) is 1.79. The van der Waals surface area contributed by atoms with E-state index in [-0.39, 0.29) is 12.5 Å².